The topological polar surface area (TPSA) is 64.7 Å². The zero-order chi connectivity index (χ0) is 20.6. The van der Waals surface area contributed by atoms with E-state index in [1.54, 1.807) is 29.5 Å². The zero-order valence-corrected chi connectivity index (χ0v) is 18.0. The molecule has 3 amide bonds. The van der Waals surface area contributed by atoms with Crippen LogP contribution in [0, 0.1) is 0 Å². The van der Waals surface area contributed by atoms with Crippen molar-refractivity contribution < 1.29 is 9.59 Å². The van der Waals surface area contributed by atoms with E-state index in [0.29, 0.717) is 17.8 Å². The first kappa shape index (κ1) is 21.3. The molecule has 2 N–H and O–H groups in total. The van der Waals surface area contributed by atoms with Crippen molar-refractivity contribution in [2.24, 2.45) is 0 Å². The Morgan fingerprint density at radius 3 is 2.59 bits per heavy atom. The highest BCUT2D eigenvalue weighted by molar-refractivity contribution is 7.08. The summed E-state index contributed by atoms with van der Waals surface area (Å²) in [6.07, 6.45) is 2.12. The number of hydrogen-bond donors (Lipinski definition) is 2. The first-order valence-corrected chi connectivity index (χ1v) is 11.3. The van der Waals surface area contributed by atoms with Crippen LogP contribution in [0.5, 0.6) is 0 Å². The molecule has 3 rings (SSSR count). The van der Waals surface area contributed by atoms with Gasteiger partial charge in [0.2, 0.25) is 0 Å². The number of carbonyl (C=O) groups is 2. The van der Waals surface area contributed by atoms with Gasteiger partial charge in [0.1, 0.15) is 0 Å². The average molecular weight is 415 g/mol. The van der Waals surface area contributed by atoms with Gasteiger partial charge in [0.15, 0.2) is 0 Å². The smallest absolute Gasteiger partial charge is 0.319 e. The van der Waals surface area contributed by atoms with Crippen molar-refractivity contribution in [1.82, 2.24) is 15.1 Å². The standard InChI is InChI=1S/C22H30N4O2S/c1-3-25(4-2)20(18-10-13-29-16-18)15-23-22(28)24-19-9-7-8-17(14-19)21(27)26-11-5-6-12-26/h7-10,13-14,16,20H,3-6,11-12,15H2,1-2H3,(H2,23,24,28). The molecule has 6 nitrogen and oxygen atoms in total. The number of benzene rings is 1. The van der Waals surface area contributed by atoms with Gasteiger partial charge in [-0.2, -0.15) is 11.3 Å². The van der Waals surface area contributed by atoms with E-state index >= 15 is 0 Å². The third-order valence-electron chi connectivity index (χ3n) is 5.40. The molecule has 0 spiro atoms. The summed E-state index contributed by atoms with van der Waals surface area (Å²) in [6, 6.07) is 9.16. The van der Waals surface area contributed by atoms with E-state index in [2.05, 4.69) is 46.2 Å². The SMILES string of the molecule is CCN(CC)C(CNC(=O)Nc1cccc(C(=O)N2CCCC2)c1)c1ccsc1. The number of likely N-dealkylation sites (N-methyl/N-ethyl adjacent to an activating group) is 1. The molecule has 0 aliphatic carbocycles. The molecule has 7 heteroatoms. The Morgan fingerprint density at radius 2 is 1.93 bits per heavy atom. The largest absolute Gasteiger partial charge is 0.339 e. The number of anilines is 1. The van der Waals surface area contributed by atoms with Crippen molar-refractivity contribution in [2.45, 2.75) is 32.7 Å². The lowest BCUT2D eigenvalue weighted by Crippen LogP contribution is -2.39. The fourth-order valence-electron chi connectivity index (χ4n) is 3.78. The first-order valence-electron chi connectivity index (χ1n) is 10.3. The normalized spacial score (nSPS) is 14.8. The van der Waals surface area contributed by atoms with Gasteiger partial charge in [0, 0.05) is 30.9 Å². The van der Waals surface area contributed by atoms with Crippen LogP contribution in [0.3, 0.4) is 0 Å². The molecule has 1 unspecified atom stereocenters. The van der Waals surface area contributed by atoms with E-state index in [0.717, 1.165) is 39.0 Å². The number of carbonyl (C=O) groups excluding carboxylic acids is 2. The second-order valence-electron chi connectivity index (χ2n) is 7.21. The average Bonchev–Trinajstić information content (AvgIpc) is 3.45. The molecule has 1 aliphatic heterocycles. The molecule has 1 saturated heterocycles. The molecule has 0 saturated carbocycles. The summed E-state index contributed by atoms with van der Waals surface area (Å²) in [7, 11) is 0. The van der Waals surface area contributed by atoms with Gasteiger partial charge >= 0.3 is 6.03 Å². The van der Waals surface area contributed by atoms with Crippen LogP contribution in [0.2, 0.25) is 0 Å². The van der Waals surface area contributed by atoms with Crippen LogP contribution < -0.4 is 10.6 Å². The molecular weight excluding hydrogens is 384 g/mol. The highest BCUT2D eigenvalue weighted by atomic mass is 32.1. The monoisotopic (exact) mass is 414 g/mol. The highest BCUT2D eigenvalue weighted by Crippen LogP contribution is 2.22. The van der Waals surface area contributed by atoms with Crippen molar-refractivity contribution in [3.05, 3.63) is 52.2 Å². The fraction of sp³-hybridized carbons (Fsp3) is 0.455. The van der Waals surface area contributed by atoms with Crippen LogP contribution in [0.25, 0.3) is 0 Å². The number of amides is 3. The van der Waals surface area contributed by atoms with Crippen LogP contribution in [0.1, 0.15) is 48.7 Å². The zero-order valence-electron chi connectivity index (χ0n) is 17.2. The van der Waals surface area contributed by atoms with Gasteiger partial charge in [-0.25, -0.2) is 4.79 Å². The summed E-state index contributed by atoms with van der Waals surface area (Å²) < 4.78 is 0. The first-order chi connectivity index (χ1) is 14.1. The van der Waals surface area contributed by atoms with Crippen molar-refractivity contribution in [2.75, 3.05) is 38.0 Å². The van der Waals surface area contributed by atoms with Crippen LogP contribution in [0.4, 0.5) is 10.5 Å². The Balaban J connectivity index is 1.60. The van der Waals surface area contributed by atoms with Gasteiger partial charge < -0.3 is 15.5 Å². The van der Waals surface area contributed by atoms with Gasteiger partial charge in [-0.1, -0.05) is 19.9 Å². The molecular formula is C22H30N4O2S. The minimum Gasteiger partial charge on any atom is -0.339 e. The second-order valence-corrected chi connectivity index (χ2v) is 7.99. The van der Waals surface area contributed by atoms with Crippen LogP contribution >= 0.6 is 11.3 Å². The molecule has 1 aliphatic rings. The van der Waals surface area contributed by atoms with E-state index in [1.165, 1.54) is 5.56 Å². The van der Waals surface area contributed by atoms with Crippen LogP contribution in [-0.4, -0.2) is 54.5 Å². The molecule has 0 bridgehead atoms. The fourth-order valence-corrected chi connectivity index (χ4v) is 4.49. The Hall–Kier alpha value is -2.38. The number of nitrogens with zero attached hydrogens (tertiary/aromatic N) is 2. The van der Waals surface area contributed by atoms with Gasteiger partial charge in [0.25, 0.3) is 5.91 Å². The summed E-state index contributed by atoms with van der Waals surface area (Å²) >= 11 is 1.67. The lowest BCUT2D eigenvalue weighted by Gasteiger charge is -2.29. The molecule has 2 aromatic rings. The molecule has 2 heterocycles. The van der Waals surface area contributed by atoms with Gasteiger partial charge in [-0.05, 0) is 66.5 Å². The minimum absolute atomic E-state index is 0.0330. The summed E-state index contributed by atoms with van der Waals surface area (Å²) in [4.78, 5) is 29.3. The Labute approximate surface area is 176 Å². The number of urea groups is 1. The Bertz CT molecular complexity index is 799. The van der Waals surface area contributed by atoms with Crippen molar-refractivity contribution in [3.8, 4) is 0 Å². The van der Waals surface area contributed by atoms with E-state index in [9.17, 15) is 9.59 Å². The molecule has 1 aromatic carbocycles. The summed E-state index contributed by atoms with van der Waals surface area (Å²) in [5, 5.41) is 10.1. The molecule has 156 valence electrons. The van der Waals surface area contributed by atoms with Gasteiger partial charge in [-0.3, -0.25) is 9.69 Å². The lowest BCUT2D eigenvalue weighted by atomic mass is 10.1. The summed E-state index contributed by atoms with van der Waals surface area (Å²) in [5.41, 5.74) is 2.46. The van der Waals surface area contributed by atoms with E-state index in [4.69, 9.17) is 0 Å². The van der Waals surface area contributed by atoms with Gasteiger partial charge in [0.05, 0.1) is 6.04 Å². The molecule has 1 fully saturated rings. The molecule has 1 aromatic heterocycles. The Kier molecular flexibility index (Phi) is 7.66. The predicted octanol–water partition coefficient (Wildman–Crippen LogP) is 4.19. The third kappa shape index (κ3) is 5.58. The van der Waals surface area contributed by atoms with E-state index < -0.39 is 0 Å². The van der Waals surface area contributed by atoms with E-state index in [-0.39, 0.29) is 18.0 Å². The summed E-state index contributed by atoms with van der Waals surface area (Å²) in [6.45, 7) is 8.24. The number of rotatable bonds is 8. The molecule has 1 atom stereocenters. The maximum atomic E-state index is 12.6. The lowest BCUT2D eigenvalue weighted by molar-refractivity contribution is 0.0793. The second kappa shape index (κ2) is 10.4. The van der Waals surface area contributed by atoms with Crippen molar-refractivity contribution >= 4 is 29.0 Å². The number of thiophene rings is 1. The number of hydrogen-bond acceptors (Lipinski definition) is 4. The highest BCUT2D eigenvalue weighted by Gasteiger charge is 2.21. The maximum absolute atomic E-state index is 12.6. The van der Waals surface area contributed by atoms with Gasteiger partial charge in [-0.15, -0.1) is 0 Å². The van der Waals surface area contributed by atoms with Crippen LogP contribution in [0.15, 0.2) is 41.1 Å². The molecule has 0 radical (unpaired) electrons. The van der Waals surface area contributed by atoms with Crippen molar-refractivity contribution in [1.29, 1.82) is 0 Å². The summed E-state index contributed by atoms with van der Waals surface area (Å²) in [5.74, 6) is 0.0330. The number of nitrogens with one attached hydrogen (secondary N) is 2. The predicted molar refractivity (Wildman–Crippen MR) is 119 cm³/mol. The van der Waals surface area contributed by atoms with Crippen LogP contribution in [-0.2, 0) is 0 Å². The minimum atomic E-state index is -0.261. The number of likely N-dealkylation sites (tertiary alicyclic amines) is 1. The maximum Gasteiger partial charge on any atom is 0.319 e. The van der Waals surface area contributed by atoms with E-state index in [1.807, 2.05) is 11.0 Å². The Morgan fingerprint density at radius 1 is 1.17 bits per heavy atom. The molecule has 29 heavy (non-hydrogen) atoms. The van der Waals surface area contributed by atoms with Crippen molar-refractivity contribution in [3.63, 3.8) is 0 Å². The quantitative estimate of drug-likeness (QED) is 0.681. The third-order valence-corrected chi connectivity index (χ3v) is 6.10.